The van der Waals surface area contributed by atoms with Crippen LogP contribution < -0.4 is 26.2 Å². The van der Waals surface area contributed by atoms with E-state index in [1.165, 1.54) is 24.3 Å². The number of carbonyl (C=O) groups is 4. The van der Waals surface area contributed by atoms with Gasteiger partial charge < -0.3 is 59.3 Å². The van der Waals surface area contributed by atoms with Crippen molar-refractivity contribution >= 4 is 66.7 Å². The summed E-state index contributed by atoms with van der Waals surface area (Å²) in [7, 11) is -7.62. The van der Waals surface area contributed by atoms with Crippen molar-refractivity contribution in [2.24, 2.45) is 22.3 Å². The number of nitro benzene ring substituents is 1. The highest BCUT2D eigenvalue weighted by atomic mass is 32.2. The molecule has 0 aliphatic carbocycles. The second-order valence-electron chi connectivity index (χ2n) is 24.8. The summed E-state index contributed by atoms with van der Waals surface area (Å²) in [6.45, 7) is 18.6. The van der Waals surface area contributed by atoms with Crippen LogP contribution in [-0.2, 0) is 83.4 Å². The summed E-state index contributed by atoms with van der Waals surface area (Å²) in [5.74, 6) is -1.76. The maximum Gasteiger partial charge on any atom is 0.459 e. The molecule has 6 heterocycles. The van der Waals surface area contributed by atoms with Gasteiger partial charge >= 0.3 is 15.5 Å². The molecule has 30 heteroatoms. The van der Waals surface area contributed by atoms with E-state index in [0.717, 1.165) is 34.7 Å². The van der Waals surface area contributed by atoms with Crippen LogP contribution in [0.1, 0.15) is 93.2 Å². The van der Waals surface area contributed by atoms with Crippen molar-refractivity contribution in [3.8, 4) is 5.75 Å². The molecule has 6 aliphatic heterocycles. The standard InChI is InChI=1S/C28H40N3O8PS.C20H25N2O6PS.C14H20N2O5/c1-27(2,3)26(33)41-15-14-35-40(34,30-16-19-10-7-6-8-11-19)36-18-21-22-23(39-28(4,5)38-22)25(37-21)31-13-9-12-20(17-31)24(29)32;1-20(2,3)19(23)30-14-13-27-29(26,21-15-16-7-5-4-6-8-16)28-18-11-9-17(10-12-18)22(24)25;1-14(2)20-10-9(7-17)19-13(11(10)21-14)16-5-3-4-8(6-16)12(15)18/h6-11,13,17,21-23,25H,12,14-16,18H2,1-5H3,(H2,29,32)(H,30,34);4-12H,13-15H2,1-3H3,(H,21,26);3,5-6,9-11,13,17H,4,7H2,1-2H3,(H2,15,18). The summed E-state index contributed by atoms with van der Waals surface area (Å²) in [5, 5.41) is 26.0. The maximum atomic E-state index is 13.8. The Morgan fingerprint density at radius 1 is 0.641 bits per heavy atom. The van der Waals surface area contributed by atoms with Crippen LogP contribution in [0.4, 0.5) is 5.69 Å². The van der Waals surface area contributed by atoms with Crippen molar-refractivity contribution in [1.29, 1.82) is 0 Å². The number of nitro groups is 1. The van der Waals surface area contributed by atoms with E-state index in [-0.39, 0.29) is 73.4 Å². The Hall–Kier alpha value is -5.62. The van der Waals surface area contributed by atoms with Crippen LogP contribution in [0.5, 0.6) is 5.75 Å². The fraction of sp³-hybridized carbons (Fsp3) is 0.516. The average molecular weight is 1360 g/mol. The minimum absolute atomic E-state index is 0.00876. The number of amides is 2. The fourth-order valence-corrected chi connectivity index (χ4v) is 14.1. The van der Waals surface area contributed by atoms with Crippen molar-refractivity contribution in [3.63, 3.8) is 0 Å². The van der Waals surface area contributed by atoms with E-state index in [9.17, 15) is 43.5 Å². The molecule has 4 saturated heterocycles. The number of hydrogen-bond acceptors (Lipinski definition) is 23. The van der Waals surface area contributed by atoms with E-state index in [1.54, 1.807) is 28.4 Å². The highest BCUT2D eigenvalue weighted by Crippen LogP contribution is 2.48. The molecule has 10 unspecified atom stereocenters. The third kappa shape index (κ3) is 21.4. The predicted molar refractivity (Wildman–Crippen MR) is 345 cm³/mol. The zero-order valence-electron chi connectivity index (χ0n) is 53.2. The molecule has 9 rings (SSSR count). The van der Waals surface area contributed by atoms with Gasteiger partial charge in [-0.25, -0.2) is 19.3 Å². The summed E-state index contributed by atoms with van der Waals surface area (Å²) in [6, 6.07) is 24.0. The number of primary amides is 2. The summed E-state index contributed by atoms with van der Waals surface area (Å²) in [4.78, 5) is 61.2. The van der Waals surface area contributed by atoms with Gasteiger partial charge in [0.2, 0.25) is 11.8 Å². The second kappa shape index (κ2) is 32.2. The quantitative estimate of drug-likeness (QED) is 0.0228. The third-order valence-corrected chi connectivity index (χ3v) is 19.8. The summed E-state index contributed by atoms with van der Waals surface area (Å²) >= 11 is 2.24. The van der Waals surface area contributed by atoms with Crippen LogP contribution >= 0.6 is 39.0 Å². The largest absolute Gasteiger partial charge is 0.459 e. The first kappa shape index (κ1) is 73.8. The number of ether oxygens (including phenoxy) is 6. The molecule has 0 aromatic heterocycles. The lowest BCUT2D eigenvalue weighted by atomic mass is 9.99. The molecule has 0 radical (unpaired) electrons. The van der Waals surface area contributed by atoms with Gasteiger partial charge in [-0.3, -0.25) is 42.9 Å². The number of aliphatic hydroxyl groups is 1. The lowest BCUT2D eigenvalue weighted by Gasteiger charge is -2.31. The Morgan fingerprint density at radius 2 is 1.05 bits per heavy atom. The SMILES string of the molecule is CC(C)(C)C(=O)SCCOP(=O)(NCc1ccccc1)Oc1ccc([N+](=O)[O-])cc1.CC1(C)OC2C(CO)OC(N3C=CCC(C(N)=O)=C3)C2O1.CC1(C)OC2C(COP(=O)(NCc3ccccc3)OCCSC(=O)C(C)(C)C)OC(N3C=CCC(C(N)=O)=C3)C2O1. The Morgan fingerprint density at radius 3 is 1.48 bits per heavy atom. The summed E-state index contributed by atoms with van der Waals surface area (Å²) in [6.07, 6.45) is 7.61. The molecular formula is C62H85N7O19P2S2. The molecule has 4 fully saturated rings. The molecule has 3 aromatic rings. The molecular weight excluding hydrogens is 1270 g/mol. The van der Waals surface area contributed by atoms with Crippen LogP contribution in [0.25, 0.3) is 0 Å². The van der Waals surface area contributed by atoms with E-state index in [4.69, 9.17) is 58.0 Å². The minimum Gasteiger partial charge on any atom is -0.413 e. The van der Waals surface area contributed by atoms with Gasteiger partial charge in [0.25, 0.3) is 5.69 Å². The highest BCUT2D eigenvalue weighted by Gasteiger charge is 2.58. The van der Waals surface area contributed by atoms with Crippen LogP contribution in [0.3, 0.4) is 0 Å². The van der Waals surface area contributed by atoms with Gasteiger partial charge in [0, 0.05) is 83.5 Å². The normalized spacial score (nSPS) is 24.9. The summed E-state index contributed by atoms with van der Waals surface area (Å²) < 4.78 is 85.9. The van der Waals surface area contributed by atoms with Gasteiger partial charge in [-0.05, 0) is 63.8 Å². The molecule has 10 atom stereocenters. The number of benzene rings is 3. The van der Waals surface area contributed by atoms with E-state index in [2.05, 4.69) is 10.2 Å². The lowest BCUT2D eigenvalue weighted by molar-refractivity contribution is -0.384. The number of nitrogens with zero attached hydrogens (tertiary/aromatic N) is 3. The Bertz CT molecular complexity index is 3260. The fourth-order valence-electron chi connectivity index (χ4n) is 9.63. The number of allylic oxidation sites excluding steroid dienone is 2. The Balaban J connectivity index is 0.000000207. The Labute approximate surface area is 545 Å². The van der Waals surface area contributed by atoms with E-state index in [0.29, 0.717) is 35.5 Å². The van der Waals surface area contributed by atoms with Gasteiger partial charge in [-0.2, -0.15) is 0 Å². The van der Waals surface area contributed by atoms with E-state index in [1.807, 2.05) is 148 Å². The molecule has 3 aromatic carbocycles. The van der Waals surface area contributed by atoms with Gasteiger partial charge in [0.1, 0.15) is 42.4 Å². The molecule has 0 spiro atoms. The molecule has 2 amide bonds. The number of carbonyl (C=O) groups excluding carboxylic acids is 4. The average Bonchev–Trinajstić information content (AvgIpc) is 1.61. The van der Waals surface area contributed by atoms with Crippen molar-refractivity contribution in [3.05, 3.63) is 154 Å². The zero-order valence-corrected chi connectivity index (χ0v) is 56.7. The smallest absolute Gasteiger partial charge is 0.413 e. The molecule has 0 bridgehead atoms. The molecule has 6 aliphatic rings. The summed E-state index contributed by atoms with van der Waals surface area (Å²) in [5.41, 5.74) is 12.5. The number of rotatable bonds is 25. The van der Waals surface area contributed by atoms with E-state index >= 15 is 0 Å². The number of nitrogens with two attached hydrogens (primary N) is 2. The van der Waals surface area contributed by atoms with Gasteiger partial charge in [-0.15, -0.1) is 0 Å². The van der Waals surface area contributed by atoms with Crippen LogP contribution in [0.2, 0.25) is 0 Å². The number of non-ortho nitro benzene ring substituents is 1. The van der Waals surface area contributed by atoms with Crippen molar-refractivity contribution in [1.82, 2.24) is 20.0 Å². The van der Waals surface area contributed by atoms with E-state index < -0.39 is 91.5 Å². The van der Waals surface area contributed by atoms with Crippen molar-refractivity contribution in [2.75, 3.05) is 37.9 Å². The molecule has 26 nitrogen and oxygen atoms in total. The number of fused-ring (bicyclic) bond motifs is 2. The topological polar surface area (TPSA) is 341 Å². The number of hydrogen-bond donors (Lipinski definition) is 5. The monoisotopic (exact) mass is 1360 g/mol. The van der Waals surface area contributed by atoms with Gasteiger partial charge in [-0.1, -0.05) is 138 Å². The zero-order chi connectivity index (χ0) is 67.2. The second-order valence-corrected chi connectivity index (χ2v) is 30.5. The number of nitrogens with one attached hydrogen (secondary N) is 2. The van der Waals surface area contributed by atoms with Crippen molar-refractivity contribution in [2.45, 2.75) is 156 Å². The Kier molecular flexibility index (Phi) is 25.8. The minimum atomic E-state index is -3.83. The number of aliphatic hydroxyl groups excluding tert-OH is 1. The highest BCUT2D eigenvalue weighted by molar-refractivity contribution is 8.14. The van der Waals surface area contributed by atoms with Crippen LogP contribution in [0.15, 0.2) is 133 Å². The first-order chi connectivity index (χ1) is 43.3. The molecule has 504 valence electrons. The molecule has 7 N–H and O–H groups in total. The first-order valence-electron chi connectivity index (χ1n) is 29.8. The first-order valence-corrected chi connectivity index (χ1v) is 34.8. The predicted octanol–water partition coefficient (Wildman–Crippen LogP) is 9.06. The maximum absolute atomic E-state index is 13.8. The molecule has 0 saturated carbocycles. The number of thioether (sulfide) groups is 2. The van der Waals surface area contributed by atoms with Crippen LogP contribution in [0, 0.1) is 20.9 Å². The van der Waals surface area contributed by atoms with Gasteiger partial charge in [0.05, 0.1) is 31.4 Å². The van der Waals surface area contributed by atoms with Crippen molar-refractivity contribution < 1.29 is 84.9 Å². The lowest BCUT2D eigenvalue weighted by Crippen LogP contribution is -2.40. The van der Waals surface area contributed by atoms with Crippen LogP contribution in [-0.4, -0.2) is 140 Å². The van der Waals surface area contributed by atoms with Gasteiger partial charge in [0.15, 0.2) is 34.3 Å². The molecule has 92 heavy (non-hydrogen) atoms. The third-order valence-electron chi connectivity index (χ3n) is 14.2.